The molecule has 1 aromatic carbocycles. The van der Waals surface area contributed by atoms with Crippen molar-refractivity contribution in [3.05, 3.63) is 40.4 Å². The van der Waals surface area contributed by atoms with Gasteiger partial charge in [0, 0.05) is 18.8 Å². The third kappa shape index (κ3) is 5.22. The van der Waals surface area contributed by atoms with Gasteiger partial charge in [-0.1, -0.05) is 17.7 Å². The zero-order valence-corrected chi connectivity index (χ0v) is 18.4. The number of hydrogen-bond acceptors (Lipinski definition) is 6. The van der Waals surface area contributed by atoms with Gasteiger partial charge in [0.25, 0.3) is 0 Å². The minimum absolute atomic E-state index is 0.00918. The molecule has 156 valence electrons. The van der Waals surface area contributed by atoms with Crippen LogP contribution in [0.4, 0.5) is 10.8 Å². The number of benzene rings is 1. The van der Waals surface area contributed by atoms with E-state index in [1.54, 1.807) is 11.8 Å². The van der Waals surface area contributed by atoms with E-state index in [9.17, 15) is 9.59 Å². The van der Waals surface area contributed by atoms with Gasteiger partial charge in [-0.15, -0.1) is 11.3 Å². The Kier molecular flexibility index (Phi) is 7.03. The zero-order chi connectivity index (χ0) is 21.0. The van der Waals surface area contributed by atoms with Crippen LogP contribution in [0.2, 0.25) is 0 Å². The lowest BCUT2D eigenvalue weighted by Crippen LogP contribution is -2.36. The molecule has 0 bridgehead atoms. The van der Waals surface area contributed by atoms with Crippen LogP contribution in [0, 0.1) is 19.8 Å². The lowest BCUT2D eigenvalue weighted by atomic mass is 9.97. The highest BCUT2D eigenvalue weighted by Crippen LogP contribution is 2.32. The van der Waals surface area contributed by atoms with Gasteiger partial charge in [0.2, 0.25) is 5.91 Å². The maximum atomic E-state index is 12.4. The second kappa shape index (κ2) is 9.50. The van der Waals surface area contributed by atoms with Crippen LogP contribution in [0.3, 0.4) is 0 Å². The normalized spacial score (nSPS) is 15.3. The first-order valence-corrected chi connectivity index (χ1v) is 11.0. The molecule has 7 heteroatoms. The maximum absolute atomic E-state index is 12.4. The van der Waals surface area contributed by atoms with Gasteiger partial charge in [0.15, 0.2) is 5.13 Å². The Balaban J connectivity index is 1.67. The lowest BCUT2D eigenvalue weighted by Gasteiger charge is -2.30. The summed E-state index contributed by atoms with van der Waals surface area (Å²) in [5, 5.41) is 2.72. The molecule has 0 unspecified atom stereocenters. The molecule has 2 heterocycles. The van der Waals surface area contributed by atoms with Crippen LogP contribution in [0.15, 0.2) is 23.6 Å². The van der Waals surface area contributed by atoms with Crippen molar-refractivity contribution < 1.29 is 14.3 Å². The van der Waals surface area contributed by atoms with E-state index >= 15 is 0 Å². The van der Waals surface area contributed by atoms with Crippen molar-refractivity contribution in [1.29, 1.82) is 0 Å². The number of esters is 1. The van der Waals surface area contributed by atoms with Crippen molar-refractivity contribution in [2.24, 2.45) is 5.92 Å². The van der Waals surface area contributed by atoms with E-state index in [4.69, 9.17) is 9.72 Å². The van der Waals surface area contributed by atoms with E-state index in [1.165, 1.54) is 16.9 Å². The molecule has 0 aliphatic carbocycles. The first kappa shape index (κ1) is 21.5. The summed E-state index contributed by atoms with van der Waals surface area (Å²) in [5.74, 6) is -0.114. The molecule has 0 N–H and O–H groups in total. The average molecular weight is 416 g/mol. The highest BCUT2D eigenvalue weighted by molar-refractivity contribution is 7.14. The van der Waals surface area contributed by atoms with Crippen molar-refractivity contribution >= 4 is 34.0 Å². The Hall–Kier alpha value is -2.25. The third-order valence-corrected chi connectivity index (χ3v) is 6.11. The Labute approximate surface area is 176 Å². The van der Waals surface area contributed by atoms with Crippen LogP contribution in [0.25, 0.3) is 0 Å². The topological polar surface area (TPSA) is 62.7 Å². The van der Waals surface area contributed by atoms with E-state index in [0.29, 0.717) is 11.7 Å². The Morgan fingerprint density at radius 2 is 2.00 bits per heavy atom. The Bertz CT molecular complexity index is 872. The first-order valence-electron chi connectivity index (χ1n) is 10.1. The highest BCUT2D eigenvalue weighted by Gasteiger charge is 2.27. The molecular formula is C22H29N3O3S. The number of piperidine rings is 1. The van der Waals surface area contributed by atoms with Gasteiger partial charge < -0.3 is 4.74 Å². The van der Waals surface area contributed by atoms with Gasteiger partial charge in [-0.3, -0.25) is 19.4 Å². The van der Waals surface area contributed by atoms with Gasteiger partial charge in [0.1, 0.15) is 0 Å². The molecule has 1 aliphatic heterocycles. The lowest BCUT2D eigenvalue weighted by molar-refractivity contribution is -0.149. The second-order valence-electron chi connectivity index (χ2n) is 7.57. The van der Waals surface area contributed by atoms with Crippen LogP contribution < -0.4 is 4.90 Å². The summed E-state index contributed by atoms with van der Waals surface area (Å²) in [4.78, 5) is 33.0. The van der Waals surface area contributed by atoms with Crippen LogP contribution in [-0.2, 0) is 20.9 Å². The SMILES string of the molecule is CCOC(=O)C1CCN(Cc2csc(N(C(C)=O)c3ccc(C)cc3C)n2)CC1. The molecule has 0 spiro atoms. The molecule has 6 nitrogen and oxygen atoms in total. The van der Waals surface area contributed by atoms with Crippen molar-refractivity contribution in [1.82, 2.24) is 9.88 Å². The number of ether oxygens (including phenoxy) is 1. The summed E-state index contributed by atoms with van der Waals surface area (Å²) >= 11 is 1.49. The molecular weight excluding hydrogens is 386 g/mol. The van der Waals surface area contributed by atoms with E-state index < -0.39 is 0 Å². The monoisotopic (exact) mass is 415 g/mol. The number of amides is 1. The molecule has 3 rings (SSSR count). The van der Waals surface area contributed by atoms with Crippen LogP contribution in [0.5, 0.6) is 0 Å². The van der Waals surface area contributed by atoms with Gasteiger partial charge >= 0.3 is 5.97 Å². The van der Waals surface area contributed by atoms with Crippen molar-refractivity contribution in [2.75, 3.05) is 24.6 Å². The summed E-state index contributed by atoms with van der Waals surface area (Å²) < 4.78 is 5.14. The van der Waals surface area contributed by atoms with E-state index in [-0.39, 0.29) is 17.8 Å². The third-order valence-electron chi connectivity index (χ3n) is 5.23. The summed E-state index contributed by atoms with van der Waals surface area (Å²) in [6.45, 7) is 10.3. The van der Waals surface area contributed by atoms with Gasteiger partial charge in [0.05, 0.1) is 23.9 Å². The molecule has 1 fully saturated rings. The van der Waals surface area contributed by atoms with Crippen LogP contribution >= 0.6 is 11.3 Å². The molecule has 1 amide bonds. The molecule has 0 radical (unpaired) electrons. The standard InChI is InChI=1S/C22H29N3O3S/c1-5-28-21(27)18-8-10-24(11-9-18)13-19-14-29-22(23-19)25(17(4)26)20-7-6-15(2)12-16(20)3/h6-7,12,14,18H,5,8-11,13H2,1-4H3. The van der Waals surface area contributed by atoms with E-state index in [0.717, 1.165) is 49.4 Å². The predicted octanol–water partition coefficient (Wildman–Crippen LogP) is 4.22. The minimum Gasteiger partial charge on any atom is -0.466 e. The smallest absolute Gasteiger partial charge is 0.309 e. The second-order valence-corrected chi connectivity index (χ2v) is 8.40. The number of aryl methyl sites for hydroxylation is 2. The number of hydrogen-bond donors (Lipinski definition) is 0. The number of likely N-dealkylation sites (tertiary alicyclic amines) is 1. The van der Waals surface area contributed by atoms with Gasteiger partial charge in [-0.05, 0) is 58.3 Å². The number of carbonyl (C=O) groups is 2. The number of rotatable bonds is 6. The fraction of sp³-hybridized carbons (Fsp3) is 0.500. The predicted molar refractivity (Wildman–Crippen MR) is 115 cm³/mol. The fourth-order valence-corrected chi connectivity index (χ4v) is 4.62. The summed E-state index contributed by atoms with van der Waals surface area (Å²) in [7, 11) is 0. The molecule has 1 aromatic heterocycles. The minimum atomic E-state index is -0.0753. The van der Waals surface area contributed by atoms with Crippen molar-refractivity contribution in [3.63, 3.8) is 0 Å². The molecule has 29 heavy (non-hydrogen) atoms. The Morgan fingerprint density at radius 3 is 2.62 bits per heavy atom. The van der Waals surface area contributed by atoms with Crippen LogP contribution in [0.1, 0.15) is 43.5 Å². The molecule has 1 saturated heterocycles. The first-order chi connectivity index (χ1) is 13.9. The zero-order valence-electron chi connectivity index (χ0n) is 17.6. The number of thiazole rings is 1. The van der Waals surface area contributed by atoms with E-state index in [1.807, 2.05) is 38.3 Å². The van der Waals surface area contributed by atoms with Crippen molar-refractivity contribution in [3.8, 4) is 0 Å². The summed E-state index contributed by atoms with van der Waals surface area (Å²) in [6, 6.07) is 6.07. The number of carbonyl (C=O) groups excluding carboxylic acids is 2. The van der Waals surface area contributed by atoms with Crippen LogP contribution in [-0.4, -0.2) is 41.5 Å². The quantitative estimate of drug-likeness (QED) is 0.661. The summed E-state index contributed by atoms with van der Waals surface area (Å²) in [6.07, 6.45) is 1.63. The maximum Gasteiger partial charge on any atom is 0.309 e. The molecule has 0 atom stereocenters. The Morgan fingerprint density at radius 1 is 1.28 bits per heavy atom. The summed E-state index contributed by atoms with van der Waals surface area (Å²) in [5.41, 5.74) is 4.05. The highest BCUT2D eigenvalue weighted by atomic mass is 32.1. The van der Waals surface area contributed by atoms with Gasteiger partial charge in [-0.25, -0.2) is 4.98 Å². The number of anilines is 2. The molecule has 0 saturated carbocycles. The number of nitrogens with zero attached hydrogens (tertiary/aromatic N) is 3. The van der Waals surface area contributed by atoms with Gasteiger partial charge in [-0.2, -0.15) is 0 Å². The van der Waals surface area contributed by atoms with Crippen molar-refractivity contribution in [2.45, 2.75) is 47.1 Å². The molecule has 1 aliphatic rings. The molecule has 2 aromatic rings. The largest absolute Gasteiger partial charge is 0.466 e. The van der Waals surface area contributed by atoms with E-state index in [2.05, 4.69) is 11.0 Å². The number of aromatic nitrogens is 1. The average Bonchev–Trinajstić information content (AvgIpc) is 3.12. The fourth-order valence-electron chi connectivity index (χ4n) is 3.75.